The van der Waals surface area contributed by atoms with Crippen LogP contribution in [0.2, 0.25) is 0 Å². The largest absolute Gasteiger partial charge is 0.481 e. The van der Waals surface area contributed by atoms with E-state index in [0.29, 0.717) is 78.7 Å². The van der Waals surface area contributed by atoms with Crippen LogP contribution in [0.4, 0.5) is 15.7 Å². The number of benzene rings is 1. The molecule has 1 fully saturated rings. The maximum absolute atomic E-state index is 14.4. The number of aryl methyl sites for hydroxylation is 1. The van der Waals surface area contributed by atoms with Crippen LogP contribution >= 0.6 is 68.0 Å². The number of carboxylic acids is 3. The Morgan fingerprint density at radius 3 is 2.17 bits per heavy atom. The summed E-state index contributed by atoms with van der Waals surface area (Å²) in [7, 11) is 2.85. The van der Waals surface area contributed by atoms with Crippen LogP contribution in [-0.2, 0) is 40.1 Å². The first-order valence-electron chi connectivity index (χ1n) is 28.8. The highest BCUT2D eigenvalue weighted by Crippen LogP contribution is 2.41. The molecular formula is C59H59N13O15S6. The number of carboxylic acid groups (broad SMARTS) is 3. The van der Waals surface area contributed by atoms with Gasteiger partial charge in [-0.3, -0.25) is 48.6 Å². The van der Waals surface area contributed by atoms with E-state index in [2.05, 4.69) is 36.6 Å². The molecule has 1 aliphatic heterocycles. The van der Waals surface area contributed by atoms with Gasteiger partial charge in [0.2, 0.25) is 11.8 Å². The molecule has 4 atom stereocenters. The number of amides is 6. The second-order valence-electron chi connectivity index (χ2n) is 21.3. The molecule has 0 saturated heterocycles. The van der Waals surface area contributed by atoms with E-state index in [-0.39, 0.29) is 89.0 Å². The number of rotatable bonds is 18. The van der Waals surface area contributed by atoms with Crippen molar-refractivity contribution in [3.8, 4) is 43.4 Å². The van der Waals surface area contributed by atoms with E-state index in [1.807, 2.05) is 0 Å². The summed E-state index contributed by atoms with van der Waals surface area (Å²) in [6.07, 6.45) is -2.14. The van der Waals surface area contributed by atoms with Crippen molar-refractivity contribution in [2.75, 3.05) is 37.5 Å². The number of methoxy groups -OCH3 is 1. The van der Waals surface area contributed by atoms with Gasteiger partial charge in [0.15, 0.2) is 5.13 Å². The van der Waals surface area contributed by atoms with Gasteiger partial charge in [0.25, 0.3) is 17.7 Å². The summed E-state index contributed by atoms with van der Waals surface area (Å²) in [6.45, 7) is 0.915. The minimum Gasteiger partial charge on any atom is -0.481 e. The van der Waals surface area contributed by atoms with Crippen molar-refractivity contribution in [2.24, 2.45) is 11.8 Å². The molecule has 7 aromatic heterocycles. The molecule has 1 unspecified atom stereocenters. The van der Waals surface area contributed by atoms with E-state index < -0.39 is 96.2 Å². The number of carbonyl (C=O) groups excluding carboxylic acids is 6. The summed E-state index contributed by atoms with van der Waals surface area (Å²) in [5, 5.41) is 62.3. The van der Waals surface area contributed by atoms with Crippen LogP contribution in [0.25, 0.3) is 43.4 Å². The van der Waals surface area contributed by atoms with Crippen molar-refractivity contribution in [1.29, 1.82) is 0 Å². The Labute approximate surface area is 553 Å². The molecule has 9 N–H and O–H groups in total. The fraction of sp³-hybridized carbons (Fsp3) is 0.356. The molecular weight excluding hydrogens is 1320 g/mol. The summed E-state index contributed by atoms with van der Waals surface area (Å²) in [6, 6.07) is 9.78. The lowest BCUT2D eigenvalue weighted by Crippen LogP contribution is -2.40. The molecule has 93 heavy (non-hydrogen) atoms. The Hall–Kier alpha value is -8.90. The van der Waals surface area contributed by atoms with Gasteiger partial charge in [-0.1, -0.05) is 41.7 Å². The number of aliphatic hydroxyl groups excluding tert-OH is 1. The molecule has 2 aliphatic rings. The monoisotopic (exact) mass is 1380 g/mol. The number of nitrogens with one attached hydrogen (secondary N) is 5. The molecule has 10 bridgehead atoms. The van der Waals surface area contributed by atoms with Crippen molar-refractivity contribution in [2.45, 2.75) is 95.6 Å². The van der Waals surface area contributed by atoms with Gasteiger partial charge in [-0.2, -0.15) is 0 Å². The first kappa shape index (κ1) is 67.0. The highest BCUT2D eigenvalue weighted by Gasteiger charge is 2.34. The molecule has 0 spiro atoms. The number of carbonyl (C=O) groups is 9. The Balaban J connectivity index is 1.02. The fourth-order valence-corrected chi connectivity index (χ4v) is 15.4. The van der Waals surface area contributed by atoms with Crippen LogP contribution in [0.15, 0.2) is 64.0 Å². The van der Waals surface area contributed by atoms with E-state index >= 15 is 0 Å². The molecule has 28 nitrogen and oxygen atoms in total. The Bertz CT molecular complexity index is 4100. The number of hydrogen-bond donors (Lipinski definition) is 9. The van der Waals surface area contributed by atoms with E-state index in [4.69, 9.17) is 34.4 Å². The number of anilines is 2. The summed E-state index contributed by atoms with van der Waals surface area (Å²) >= 11 is 6.61. The number of aliphatic hydroxyl groups is 1. The number of hydrogen-bond acceptors (Lipinski definition) is 25. The number of aliphatic carboxylic acids is 3. The molecule has 8 heterocycles. The lowest BCUT2D eigenvalue weighted by molar-refractivity contribution is -0.144. The molecule has 1 saturated carbocycles. The second kappa shape index (κ2) is 30.2. The summed E-state index contributed by atoms with van der Waals surface area (Å²) in [5.41, 5.74) is 1.91. The second-order valence-corrected chi connectivity index (χ2v) is 27.1. The maximum atomic E-state index is 14.4. The maximum Gasteiger partial charge on any atom is 0.415 e. The van der Waals surface area contributed by atoms with Gasteiger partial charge in [0.1, 0.15) is 83.3 Å². The third-order valence-electron chi connectivity index (χ3n) is 15.0. The van der Waals surface area contributed by atoms with Crippen LogP contribution in [0, 0.1) is 18.8 Å². The molecule has 1 aromatic carbocycles. The summed E-state index contributed by atoms with van der Waals surface area (Å²) < 4.78 is 11.3. The standard InChI is InChI=1S/C59H59N13O15S6/c1-27-43-50(80)71-58-70-45(38(93-58)22-86-3)49(79)61-21-41(74)68-46(47(77)28-8-5-4-6-9-28)55-66-37(25-90-55)53-64-35(23-89-53)44-32(51-65-36(24-88-51)48(78)63-34(20-40(73)60-2)54(69-43)92-27)16-17-33(62-44)52-67-39(26-91-52)72(19-7-10-29(56(81)82)13-18-42(75)76)59(85)87-31-14-11-30(12-15-31)57(83)84/h4-6,8-9,16-17,23-26,29-31,34,46-47,77H,7,10-15,18-22H2,1-3H3,(H,60,73)(H,61,79)(H,63,78)(H,68,74)(H,75,76)(H,81,82)(H,83,84)(H,70,71,80)/t29?,30?,31?,34-,46-,47-/m0/s1. The van der Waals surface area contributed by atoms with Gasteiger partial charge in [0.05, 0.1) is 48.0 Å². The summed E-state index contributed by atoms with van der Waals surface area (Å²) in [5.74, 6) is -8.01. The fourth-order valence-electron chi connectivity index (χ4n) is 10.2. The van der Waals surface area contributed by atoms with Crippen LogP contribution in [-0.4, -0.2) is 142 Å². The van der Waals surface area contributed by atoms with Crippen LogP contribution < -0.4 is 31.5 Å². The van der Waals surface area contributed by atoms with Crippen molar-refractivity contribution in [1.82, 2.24) is 56.2 Å². The van der Waals surface area contributed by atoms with E-state index in [9.17, 15) is 63.6 Å². The zero-order valence-corrected chi connectivity index (χ0v) is 54.5. The Morgan fingerprint density at radius 1 is 0.720 bits per heavy atom. The highest BCUT2D eigenvalue weighted by molar-refractivity contribution is 7.16. The van der Waals surface area contributed by atoms with Gasteiger partial charge in [-0.15, -0.1) is 56.7 Å². The first-order chi connectivity index (χ1) is 44.7. The van der Waals surface area contributed by atoms with Crippen molar-refractivity contribution in [3.63, 3.8) is 0 Å². The minimum atomic E-state index is -1.33. The predicted molar refractivity (Wildman–Crippen MR) is 344 cm³/mol. The average molecular weight is 1380 g/mol. The lowest BCUT2D eigenvalue weighted by Gasteiger charge is -2.28. The van der Waals surface area contributed by atoms with Gasteiger partial charge in [-0.25, -0.2) is 39.7 Å². The molecule has 8 aromatic rings. The predicted octanol–water partition coefficient (Wildman–Crippen LogP) is 8.37. The first-order valence-corrected chi connectivity index (χ1v) is 34.0. The van der Waals surface area contributed by atoms with Crippen LogP contribution in [0.1, 0.15) is 133 Å². The number of nitrogens with zero attached hydrogens (tertiary/aromatic N) is 8. The SMILES string of the molecule is CNC(=O)C[C@@H]1NC(=O)c2csc(n2)-c2ccc(-c3nc(N(CCCC(CCC(=O)O)C(=O)O)C(=O)OC4CCC(C(=O)O)CC4)cs3)nc2-c2csc(n2)-c2csc(n2)[C@H]([C@@H](O)c2ccccc2)NC(=O)CNC(=O)c2nc(sc2COC)NC(=O)c2nc1sc2C. The topological polar surface area (TPSA) is 407 Å². The third kappa shape index (κ3) is 16.3. The van der Waals surface area contributed by atoms with Gasteiger partial charge >= 0.3 is 24.0 Å². The van der Waals surface area contributed by atoms with Crippen molar-refractivity contribution >= 4 is 133 Å². The van der Waals surface area contributed by atoms with Gasteiger partial charge < -0.3 is 51.2 Å². The molecule has 0 radical (unpaired) electrons. The zero-order chi connectivity index (χ0) is 66.0. The number of aromatic nitrogens is 7. The molecule has 486 valence electrons. The highest BCUT2D eigenvalue weighted by atomic mass is 32.1. The lowest BCUT2D eigenvalue weighted by atomic mass is 9.87. The normalized spacial score (nSPS) is 17.6. The summed E-state index contributed by atoms with van der Waals surface area (Å²) in [4.78, 5) is 154. The molecule has 1 aliphatic carbocycles. The van der Waals surface area contributed by atoms with Crippen LogP contribution in [0.5, 0.6) is 0 Å². The third-order valence-corrected chi connectivity index (χ3v) is 20.5. The van der Waals surface area contributed by atoms with Crippen molar-refractivity contribution in [3.05, 3.63) is 106 Å². The smallest absolute Gasteiger partial charge is 0.415 e. The number of pyridine rings is 1. The van der Waals surface area contributed by atoms with Crippen LogP contribution in [0.3, 0.4) is 0 Å². The number of ether oxygens (including phenoxy) is 2. The Kier molecular flexibility index (Phi) is 21.8. The minimum absolute atomic E-state index is 0.00853. The van der Waals surface area contributed by atoms with Crippen molar-refractivity contribution < 1.29 is 73.1 Å². The average Bonchev–Trinajstić information content (AvgIpc) is 1.78. The number of fused-ring (bicyclic) bond motifs is 14. The van der Waals surface area contributed by atoms with Gasteiger partial charge in [0, 0.05) is 59.1 Å². The Morgan fingerprint density at radius 2 is 1.44 bits per heavy atom. The van der Waals surface area contributed by atoms with E-state index in [1.165, 1.54) is 35.8 Å². The zero-order valence-electron chi connectivity index (χ0n) is 49.6. The quantitative estimate of drug-likeness (QED) is 0.0389. The van der Waals surface area contributed by atoms with E-state index in [1.54, 1.807) is 65.5 Å². The van der Waals surface area contributed by atoms with E-state index in [0.717, 1.165) is 56.7 Å². The number of thiazole rings is 6. The molecule has 34 heteroatoms. The molecule has 10 rings (SSSR count). The van der Waals surface area contributed by atoms with Gasteiger partial charge in [-0.05, 0) is 69.6 Å². The molecule has 6 amide bonds.